The van der Waals surface area contributed by atoms with E-state index in [2.05, 4.69) is 10.0 Å². The molecule has 1 aromatic heterocycles. The molecule has 0 spiro atoms. The van der Waals surface area contributed by atoms with Gasteiger partial charge in [-0.2, -0.15) is 5.10 Å². The molecule has 2 aromatic rings. The number of amides is 2. The summed E-state index contributed by atoms with van der Waals surface area (Å²) < 4.78 is 5.61. The van der Waals surface area contributed by atoms with Gasteiger partial charge >= 0.3 is 0 Å². The Hall–Kier alpha value is -2.64. The Balaban J connectivity index is 1.54. The molecule has 7 nitrogen and oxygen atoms in total. The smallest absolute Gasteiger partial charge is 0.260 e. The number of hydrogen-bond donors (Lipinski definition) is 1. The van der Waals surface area contributed by atoms with Crippen molar-refractivity contribution in [2.24, 2.45) is 16.8 Å². The molecule has 2 N–H and O–H groups in total. The van der Waals surface area contributed by atoms with Crippen molar-refractivity contribution in [1.82, 2.24) is 9.91 Å². The summed E-state index contributed by atoms with van der Waals surface area (Å²) in [7, 11) is 0. The largest absolute Gasteiger partial charge is 0.467 e. The van der Waals surface area contributed by atoms with Crippen LogP contribution in [0.4, 0.5) is 0 Å². The zero-order valence-electron chi connectivity index (χ0n) is 16.8. The van der Waals surface area contributed by atoms with Crippen molar-refractivity contribution in [2.45, 2.75) is 38.3 Å². The van der Waals surface area contributed by atoms with Gasteiger partial charge in [0.15, 0.2) is 0 Å². The van der Waals surface area contributed by atoms with Gasteiger partial charge in [-0.25, -0.2) is 5.01 Å². The predicted octanol–water partition coefficient (Wildman–Crippen LogP) is 3.20. The van der Waals surface area contributed by atoms with Gasteiger partial charge in [0, 0.05) is 17.4 Å². The number of carbonyl (C=O) groups is 2. The van der Waals surface area contributed by atoms with E-state index in [1.165, 1.54) is 0 Å². The van der Waals surface area contributed by atoms with Gasteiger partial charge in [-0.05, 0) is 62.7 Å². The van der Waals surface area contributed by atoms with Crippen LogP contribution in [0.2, 0.25) is 5.02 Å². The van der Waals surface area contributed by atoms with E-state index in [-0.39, 0.29) is 29.8 Å². The standard InChI is InChI=1S/C22H25ClN4O3/c1-14(26-10-8-16(9-11-26)21(24)28)22(29)27-19(20-3-2-12-30-20)13-18(25-27)15-4-6-17(23)7-5-15/h2-7,12,14,16,19H,8-11,13H2,1H3,(H2,24,28). The van der Waals surface area contributed by atoms with Crippen LogP contribution >= 0.6 is 11.6 Å². The van der Waals surface area contributed by atoms with E-state index in [1.54, 1.807) is 11.3 Å². The molecule has 0 saturated carbocycles. The predicted molar refractivity (Wildman–Crippen MR) is 114 cm³/mol. The number of piperidine rings is 1. The number of benzene rings is 1. The summed E-state index contributed by atoms with van der Waals surface area (Å²) >= 11 is 6.01. The molecule has 0 radical (unpaired) electrons. The SMILES string of the molecule is CC(C(=O)N1N=C(c2ccc(Cl)cc2)CC1c1ccco1)N1CCC(C(N)=O)CC1. The molecular formula is C22H25ClN4O3. The summed E-state index contributed by atoms with van der Waals surface area (Å²) in [6.45, 7) is 3.21. The average molecular weight is 429 g/mol. The van der Waals surface area contributed by atoms with Crippen LogP contribution < -0.4 is 5.73 Å². The lowest BCUT2D eigenvalue weighted by Crippen LogP contribution is -2.49. The van der Waals surface area contributed by atoms with Crippen molar-refractivity contribution in [3.63, 3.8) is 0 Å². The fraction of sp³-hybridized carbons (Fsp3) is 0.409. The minimum atomic E-state index is -0.357. The molecule has 1 fully saturated rings. The minimum Gasteiger partial charge on any atom is -0.467 e. The Morgan fingerprint density at radius 3 is 2.50 bits per heavy atom. The number of furan rings is 1. The molecule has 4 rings (SSSR count). The first-order chi connectivity index (χ1) is 14.4. The van der Waals surface area contributed by atoms with Crippen molar-refractivity contribution < 1.29 is 14.0 Å². The van der Waals surface area contributed by atoms with Crippen LogP contribution in [0, 0.1) is 5.92 Å². The van der Waals surface area contributed by atoms with Gasteiger partial charge in [0.05, 0.1) is 18.0 Å². The van der Waals surface area contributed by atoms with Crippen molar-refractivity contribution in [3.8, 4) is 0 Å². The summed E-state index contributed by atoms with van der Waals surface area (Å²) in [5, 5.41) is 6.88. The van der Waals surface area contributed by atoms with E-state index in [0.717, 1.165) is 11.3 Å². The van der Waals surface area contributed by atoms with E-state index in [1.807, 2.05) is 43.3 Å². The lowest BCUT2D eigenvalue weighted by Gasteiger charge is -2.35. The van der Waals surface area contributed by atoms with Crippen LogP contribution in [0.25, 0.3) is 0 Å². The molecule has 0 bridgehead atoms. The maximum Gasteiger partial charge on any atom is 0.260 e. The third-order valence-corrected chi connectivity index (χ3v) is 6.27. The molecule has 2 unspecified atom stereocenters. The number of rotatable bonds is 5. The third kappa shape index (κ3) is 4.13. The highest BCUT2D eigenvalue weighted by atomic mass is 35.5. The number of hydrogen-bond acceptors (Lipinski definition) is 5. The zero-order valence-corrected chi connectivity index (χ0v) is 17.6. The van der Waals surface area contributed by atoms with Crippen molar-refractivity contribution in [2.75, 3.05) is 13.1 Å². The second kappa shape index (κ2) is 8.62. The van der Waals surface area contributed by atoms with Gasteiger partial charge in [0.25, 0.3) is 5.91 Å². The first-order valence-corrected chi connectivity index (χ1v) is 10.5. The molecule has 2 amide bonds. The molecule has 2 aliphatic heterocycles. The van der Waals surface area contributed by atoms with Crippen LogP contribution in [0.1, 0.15) is 43.6 Å². The highest BCUT2D eigenvalue weighted by molar-refractivity contribution is 6.30. The van der Waals surface area contributed by atoms with E-state index >= 15 is 0 Å². The first-order valence-electron chi connectivity index (χ1n) is 10.2. The van der Waals surface area contributed by atoms with Crippen LogP contribution in [0.3, 0.4) is 0 Å². The van der Waals surface area contributed by atoms with Crippen molar-refractivity contribution >= 4 is 29.1 Å². The number of nitrogens with two attached hydrogens (primary N) is 1. The monoisotopic (exact) mass is 428 g/mol. The third-order valence-electron chi connectivity index (χ3n) is 6.02. The lowest BCUT2D eigenvalue weighted by molar-refractivity contribution is -0.139. The second-order valence-electron chi connectivity index (χ2n) is 7.86. The Morgan fingerprint density at radius 1 is 1.20 bits per heavy atom. The van der Waals surface area contributed by atoms with Gasteiger partial charge in [-0.1, -0.05) is 23.7 Å². The first kappa shape index (κ1) is 20.6. The van der Waals surface area contributed by atoms with Crippen LogP contribution in [-0.4, -0.2) is 46.6 Å². The van der Waals surface area contributed by atoms with Crippen molar-refractivity contribution in [3.05, 3.63) is 59.0 Å². The molecule has 8 heteroatoms. The normalized spacial score (nSPS) is 21.5. The van der Waals surface area contributed by atoms with Gasteiger partial charge in [0.2, 0.25) is 5.91 Å². The molecule has 0 aliphatic carbocycles. The number of nitrogens with zero attached hydrogens (tertiary/aromatic N) is 3. The molecule has 1 aromatic carbocycles. The van der Waals surface area contributed by atoms with Crippen LogP contribution in [-0.2, 0) is 9.59 Å². The quantitative estimate of drug-likeness (QED) is 0.791. The van der Waals surface area contributed by atoms with Gasteiger partial charge in [-0.15, -0.1) is 0 Å². The number of likely N-dealkylation sites (tertiary alicyclic amines) is 1. The zero-order chi connectivity index (χ0) is 21.3. The Kier molecular flexibility index (Phi) is 5.92. The van der Waals surface area contributed by atoms with E-state index in [4.69, 9.17) is 21.8 Å². The summed E-state index contributed by atoms with van der Waals surface area (Å²) in [4.78, 5) is 26.9. The van der Waals surface area contributed by atoms with Crippen molar-refractivity contribution in [1.29, 1.82) is 0 Å². The molecule has 2 atom stereocenters. The Morgan fingerprint density at radius 2 is 1.90 bits per heavy atom. The number of carbonyl (C=O) groups excluding carboxylic acids is 2. The van der Waals surface area contributed by atoms with E-state index in [0.29, 0.717) is 43.1 Å². The maximum absolute atomic E-state index is 13.4. The number of hydrazone groups is 1. The fourth-order valence-electron chi connectivity index (χ4n) is 4.15. The average Bonchev–Trinajstić information content (AvgIpc) is 3.43. The minimum absolute atomic E-state index is 0.0853. The summed E-state index contributed by atoms with van der Waals surface area (Å²) in [6, 6.07) is 10.5. The van der Waals surface area contributed by atoms with Gasteiger partial charge < -0.3 is 10.2 Å². The number of primary amides is 1. The summed E-state index contributed by atoms with van der Waals surface area (Å²) in [5.74, 6) is 0.248. The second-order valence-corrected chi connectivity index (χ2v) is 8.30. The van der Waals surface area contributed by atoms with Crippen LogP contribution in [0.5, 0.6) is 0 Å². The summed E-state index contributed by atoms with van der Waals surface area (Å²) in [5.41, 5.74) is 7.18. The highest BCUT2D eigenvalue weighted by Gasteiger charge is 2.39. The fourth-order valence-corrected chi connectivity index (χ4v) is 4.28. The Bertz CT molecular complexity index is 934. The highest BCUT2D eigenvalue weighted by Crippen LogP contribution is 2.34. The van der Waals surface area contributed by atoms with E-state index < -0.39 is 0 Å². The molecular weight excluding hydrogens is 404 g/mol. The molecule has 30 heavy (non-hydrogen) atoms. The molecule has 1 saturated heterocycles. The topological polar surface area (TPSA) is 92.1 Å². The van der Waals surface area contributed by atoms with Gasteiger partial charge in [-0.3, -0.25) is 14.5 Å². The van der Waals surface area contributed by atoms with E-state index in [9.17, 15) is 9.59 Å². The Labute approximate surface area is 180 Å². The van der Waals surface area contributed by atoms with Crippen LogP contribution in [0.15, 0.2) is 52.2 Å². The molecule has 158 valence electrons. The molecule has 2 aliphatic rings. The summed E-state index contributed by atoms with van der Waals surface area (Å²) in [6.07, 6.45) is 3.52. The maximum atomic E-state index is 13.4. The van der Waals surface area contributed by atoms with Gasteiger partial charge in [0.1, 0.15) is 11.8 Å². The molecule has 3 heterocycles. The lowest BCUT2D eigenvalue weighted by atomic mass is 9.95. The number of halogens is 1.